The topological polar surface area (TPSA) is 35.8 Å². The Balaban J connectivity index is 2.12. The Bertz CT molecular complexity index is 159. The van der Waals surface area contributed by atoms with Crippen molar-refractivity contribution in [2.24, 2.45) is 5.92 Å². The summed E-state index contributed by atoms with van der Waals surface area (Å²) in [6, 6.07) is 3.15. The molecule has 0 aromatic carbocycles. The van der Waals surface area contributed by atoms with Gasteiger partial charge in [-0.25, -0.2) is 0 Å². The Kier molecular flexibility index (Phi) is 1.000. The van der Waals surface area contributed by atoms with Crippen LogP contribution in [-0.2, 0) is 0 Å². The van der Waals surface area contributed by atoms with Gasteiger partial charge in [0.15, 0.2) is 0 Å². The van der Waals surface area contributed by atoms with Crippen LogP contribution in [0.4, 0.5) is 0 Å². The van der Waals surface area contributed by atoms with Gasteiger partial charge in [-0.2, -0.15) is 5.26 Å². The van der Waals surface area contributed by atoms with Crippen molar-refractivity contribution in [3.8, 4) is 6.07 Å². The summed E-state index contributed by atoms with van der Waals surface area (Å²) < 4.78 is 0. The van der Waals surface area contributed by atoms with Crippen molar-refractivity contribution >= 4 is 0 Å². The fourth-order valence-corrected chi connectivity index (χ4v) is 2.00. The lowest BCUT2D eigenvalue weighted by Gasteiger charge is -2.15. The van der Waals surface area contributed by atoms with Crippen LogP contribution in [0, 0.1) is 17.2 Å². The highest BCUT2D eigenvalue weighted by Gasteiger charge is 2.38. The first-order chi connectivity index (χ1) is 4.40. The highest BCUT2D eigenvalue weighted by molar-refractivity contribution is 5.06. The summed E-state index contributed by atoms with van der Waals surface area (Å²) in [6.45, 7) is 0. The molecule has 1 saturated heterocycles. The van der Waals surface area contributed by atoms with Gasteiger partial charge in [0.05, 0.1) is 12.1 Å². The summed E-state index contributed by atoms with van der Waals surface area (Å²) >= 11 is 0. The predicted molar refractivity (Wildman–Crippen MR) is 33.7 cm³/mol. The Morgan fingerprint density at radius 2 is 2.33 bits per heavy atom. The van der Waals surface area contributed by atoms with Gasteiger partial charge in [-0.15, -0.1) is 0 Å². The van der Waals surface area contributed by atoms with Crippen LogP contribution < -0.4 is 5.32 Å². The first-order valence-corrected chi connectivity index (χ1v) is 3.56. The van der Waals surface area contributed by atoms with Crippen molar-refractivity contribution in [2.45, 2.75) is 31.3 Å². The van der Waals surface area contributed by atoms with Gasteiger partial charge < -0.3 is 0 Å². The van der Waals surface area contributed by atoms with E-state index < -0.39 is 0 Å². The average Bonchev–Trinajstić information content (AvgIpc) is 2.45. The van der Waals surface area contributed by atoms with Crippen molar-refractivity contribution in [1.29, 1.82) is 5.26 Å². The van der Waals surface area contributed by atoms with Gasteiger partial charge in [-0.1, -0.05) is 0 Å². The Hall–Kier alpha value is -0.550. The molecule has 48 valence electrons. The second kappa shape index (κ2) is 1.71. The summed E-state index contributed by atoms with van der Waals surface area (Å²) in [5.41, 5.74) is 0. The molecule has 3 atom stereocenters. The molecule has 0 radical (unpaired) electrons. The molecule has 2 heteroatoms. The molecule has 2 nitrogen and oxygen atoms in total. The number of nitrogens with zero attached hydrogens (tertiary/aromatic N) is 1. The first kappa shape index (κ1) is 5.25. The quantitative estimate of drug-likeness (QED) is 0.512. The third-order valence-corrected chi connectivity index (χ3v) is 2.50. The predicted octanol–water partition coefficient (Wildman–Crippen LogP) is 0.650. The molecule has 2 bridgehead atoms. The number of hydrogen-bond acceptors (Lipinski definition) is 2. The molecule has 1 heterocycles. The fraction of sp³-hybridized carbons (Fsp3) is 0.857. The Morgan fingerprint density at radius 3 is 2.67 bits per heavy atom. The Morgan fingerprint density at radius 1 is 1.44 bits per heavy atom. The van der Waals surface area contributed by atoms with E-state index in [0.717, 1.165) is 0 Å². The highest BCUT2D eigenvalue weighted by atomic mass is 15.0. The average molecular weight is 122 g/mol. The van der Waals surface area contributed by atoms with E-state index in [1.54, 1.807) is 0 Å². The lowest BCUT2D eigenvalue weighted by atomic mass is 10.0. The number of fused-ring (bicyclic) bond motifs is 2. The highest BCUT2D eigenvalue weighted by Crippen LogP contribution is 2.34. The minimum atomic E-state index is 0.184. The van der Waals surface area contributed by atoms with Crippen LogP contribution in [0.25, 0.3) is 0 Å². The maximum atomic E-state index is 8.58. The van der Waals surface area contributed by atoms with E-state index in [2.05, 4.69) is 11.4 Å². The van der Waals surface area contributed by atoms with Gasteiger partial charge in [0.1, 0.15) is 0 Å². The molecule has 2 rings (SSSR count). The fourth-order valence-electron chi connectivity index (χ4n) is 2.00. The van der Waals surface area contributed by atoms with Crippen LogP contribution in [0.3, 0.4) is 0 Å². The Labute approximate surface area is 54.9 Å². The van der Waals surface area contributed by atoms with Gasteiger partial charge in [-0.3, -0.25) is 5.32 Å². The van der Waals surface area contributed by atoms with E-state index in [0.29, 0.717) is 12.0 Å². The van der Waals surface area contributed by atoms with Crippen LogP contribution in [-0.4, -0.2) is 12.1 Å². The van der Waals surface area contributed by atoms with Gasteiger partial charge in [-0.05, 0) is 25.2 Å². The van der Waals surface area contributed by atoms with E-state index in [1.807, 2.05) is 0 Å². The van der Waals surface area contributed by atoms with Crippen LogP contribution in [0.2, 0.25) is 0 Å². The minimum absolute atomic E-state index is 0.184. The number of hydrogen-bond donors (Lipinski definition) is 1. The van der Waals surface area contributed by atoms with Crippen molar-refractivity contribution < 1.29 is 0 Å². The smallest absolute Gasteiger partial charge is 0.0984 e. The second-order valence-corrected chi connectivity index (χ2v) is 3.04. The normalized spacial score (nSPS) is 47.2. The zero-order chi connectivity index (χ0) is 6.27. The standard InChI is InChI=1S/C7H10N2/c8-4-7-5-1-2-6(3-5)9-7/h5-7,9H,1-3H2/t5-,6+,7+/m1/s1. The molecular formula is C7H10N2. The van der Waals surface area contributed by atoms with Gasteiger partial charge in [0.25, 0.3) is 0 Å². The molecule has 1 N–H and O–H groups in total. The van der Waals surface area contributed by atoms with Gasteiger partial charge >= 0.3 is 0 Å². The van der Waals surface area contributed by atoms with Gasteiger partial charge in [0.2, 0.25) is 0 Å². The molecule has 0 spiro atoms. The van der Waals surface area contributed by atoms with Crippen molar-refractivity contribution in [3.05, 3.63) is 0 Å². The maximum absolute atomic E-state index is 8.58. The molecule has 0 amide bonds. The first-order valence-electron chi connectivity index (χ1n) is 3.56. The molecular weight excluding hydrogens is 112 g/mol. The minimum Gasteiger partial charge on any atom is -0.299 e. The monoisotopic (exact) mass is 122 g/mol. The lowest BCUT2D eigenvalue weighted by molar-refractivity contribution is 0.443. The summed E-state index contributed by atoms with van der Waals surface area (Å²) in [4.78, 5) is 0. The number of nitriles is 1. The third-order valence-electron chi connectivity index (χ3n) is 2.50. The van der Waals surface area contributed by atoms with Crippen molar-refractivity contribution in [2.75, 3.05) is 0 Å². The third kappa shape index (κ3) is 0.650. The maximum Gasteiger partial charge on any atom is 0.0984 e. The van der Waals surface area contributed by atoms with E-state index in [1.165, 1.54) is 19.3 Å². The van der Waals surface area contributed by atoms with E-state index in [9.17, 15) is 0 Å². The summed E-state index contributed by atoms with van der Waals surface area (Å²) in [5.74, 6) is 0.681. The van der Waals surface area contributed by atoms with Crippen molar-refractivity contribution in [3.63, 3.8) is 0 Å². The molecule has 1 aliphatic heterocycles. The second-order valence-electron chi connectivity index (χ2n) is 3.04. The molecule has 0 aromatic heterocycles. The summed E-state index contributed by atoms with van der Waals surface area (Å²) in [6.07, 6.45) is 3.82. The van der Waals surface area contributed by atoms with Crippen LogP contribution in [0.1, 0.15) is 19.3 Å². The SMILES string of the molecule is N#C[C@@H]1N[C@H]2CC[C@@H]1C2. The summed E-state index contributed by atoms with van der Waals surface area (Å²) in [7, 11) is 0. The van der Waals surface area contributed by atoms with Gasteiger partial charge in [0, 0.05) is 6.04 Å². The molecule has 2 aliphatic rings. The summed E-state index contributed by atoms with van der Waals surface area (Å²) in [5, 5.41) is 11.9. The number of nitrogens with one attached hydrogen (secondary N) is 1. The van der Waals surface area contributed by atoms with Crippen LogP contribution in [0.15, 0.2) is 0 Å². The van der Waals surface area contributed by atoms with Crippen LogP contribution in [0.5, 0.6) is 0 Å². The molecule has 1 aliphatic carbocycles. The molecule has 0 aromatic rings. The largest absolute Gasteiger partial charge is 0.299 e. The van der Waals surface area contributed by atoms with E-state index in [4.69, 9.17) is 5.26 Å². The zero-order valence-corrected chi connectivity index (χ0v) is 5.30. The van der Waals surface area contributed by atoms with Crippen LogP contribution >= 0.6 is 0 Å². The molecule has 0 unspecified atom stereocenters. The molecule has 9 heavy (non-hydrogen) atoms. The van der Waals surface area contributed by atoms with Crippen molar-refractivity contribution in [1.82, 2.24) is 5.32 Å². The van der Waals surface area contributed by atoms with E-state index in [-0.39, 0.29) is 6.04 Å². The molecule has 1 saturated carbocycles. The number of rotatable bonds is 0. The lowest BCUT2D eigenvalue weighted by Crippen LogP contribution is -2.33. The van der Waals surface area contributed by atoms with E-state index >= 15 is 0 Å². The number of piperidine rings is 1. The molecule has 2 fully saturated rings. The zero-order valence-electron chi connectivity index (χ0n) is 5.30.